The van der Waals surface area contributed by atoms with Gasteiger partial charge in [0, 0.05) is 34.8 Å². The largest absolute Gasteiger partial charge is 0.443 e. The number of halogens is 1. The van der Waals surface area contributed by atoms with Crippen LogP contribution in [0.3, 0.4) is 0 Å². The van der Waals surface area contributed by atoms with E-state index < -0.39 is 19.9 Å². The maximum absolute atomic E-state index is 13.0. The number of sulfonamides is 1. The van der Waals surface area contributed by atoms with Gasteiger partial charge >= 0.3 is 0 Å². The van der Waals surface area contributed by atoms with Gasteiger partial charge in [-0.05, 0) is 36.4 Å². The van der Waals surface area contributed by atoms with Crippen molar-refractivity contribution in [3.05, 3.63) is 83.6 Å². The average Bonchev–Trinajstić information content (AvgIpc) is 3.18. The molecule has 2 aromatic carbocycles. The first-order valence-corrected chi connectivity index (χ1v) is 12.7. The predicted molar refractivity (Wildman–Crippen MR) is 125 cm³/mol. The zero-order chi connectivity index (χ0) is 22.1. The number of pyridine rings is 1. The van der Waals surface area contributed by atoms with Crippen LogP contribution >= 0.6 is 11.6 Å². The minimum Gasteiger partial charge on any atom is -0.443 e. The van der Waals surface area contributed by atoms with Crippen LogP contribution < -0.4 is 4.72 Å². The first kappa shape index (κ1) is 23.8. The van der Waals surface area contributed by atoms with E-state index in [9.17, 15) is 16.8 Å². The molecule has 168 valence electrons. The summed E-state index contributed by atoms with van der Waals surface area (Å²) in [4.78, 5) is 3.95. The van der Waals surface area contributed by atoms with Crippen LogP contribution in [0.5, 0.6) is 0 Å². The van der Waals surface area contributed by atoms with Crippen LogP contribution in [0, 0.1) is 0 Å². The lowest BCUT2D eigenvalue weighted by molar-refractivity contribution is 0.484. The van der Waals surface area contributed by atoms with E-state index in [2.05, 4.69) is 9.71 Å². The Kier molecular flexibility index (Phi) is 6.92. The molecule has 4 aromatic rings. The van der Waals surface area contributed by atoms with E-state index in [-0.39, 0.29) is 40.3 Å². The van der Waals surface area contributed by atoms with Gasteiger partial charge in [-0.15, -0.1) is 0 Å². The van der Waals surface area contributed by atoms with E-state index in [1.54, 1.807) is 48.7 Å². The molecular weight excluding hydrogens is 472 g/mol. The van der Waals surface area contributed by atoms with Gasteiger partial charge in [0.15, 0.2) is 9.84 Å². The summed E-state index contributed by atoms with van der Waals surface area (Å²) in [5.41, 5.74) is 0.871. The molecule has 0 aliphatic rings. The Balaban J connectivity index is 0.00000289. The molecule has 0 aliphatic carbocycles. The molecule has 10 heteroatoms. The Labute approximate surface area is 192 Å². The Hall–Kier alpha value is -2.88. The summed E-state index contributed by atoms with van der Waals surface area (Å²) in [5, 5.41) is 0.466. The molecular formula is C22H21ClN2O5S2. The molecule has 2 aromatic heterocycles. The van der Waals surface area contributed by atoms with Crippen molar-refractivity contribution in [3.8, 4) is 0 Å². The predicted octanol–water partition coefficient (Wildman–Crippen LogP) is 4.93. The van der Waals surface area contributed by atoms with Gasteiger partial charge in [-0.2, -0.15) is 8.42 Å². The van der Waals surface area contributed by atoms with E-state index in [1.165, 1.54) is 24.3 Å². The fourth-order valence-corrected chi connectivity index (χ4v) is 5.73. The van der Waals surface area contributed by atoms with Gasteiger partial charge in [-0.25, -0.2) is 8.42 Å². The maximum atomic E-state index is 13.0. The fraction of sp³-hybridized carbons (Fsp3) is 0.136. The summed E-state index contributed by atoms with van der Waals surface area (Å²) in [7, 11) is -8.04. The van der Waals surface area contributed by atoms with Crippen LogP contribution in [-0.4, -0.2) is 27.6 Å². The van der Waals surface area contributed by atoms with E-state index in [4.69, 9.17) is 16.0 Å². The summed E-state index contributed by atoms with van der Waals surface area (Å²) >= 11 is 6.02. The lowest BCUT2D eigenvalue weighted by Gasteiger charge is -2.12. The number of hydrogen-bond donors (Lipinski definition) is 1. The number of hydrogen-bond acceptors (Lipinski definition) is 6. The molecule has 0 unspecified atom stereocenters. The van der Waals surface area contributed by atoms with Crippen molar-refractivity contribution in [3.63, 3.8) is 0 Å². The molecule has 1 N–H and O–H groups in total. The molecule has 0 radical (unpaired) electrons. The summed E-state index contributed by atoms with van der Waals surface area (Å²) < 4.78 is 59.5. The Morgan fingerprint density at radius 3 is 2.41 bits per heavy atom. The number of fused-ring (bicyclic) bond motifs is 1. The number of para-hydroxylation sites is 1. The first-order chi connectivity index (χ1) is 14.7. The number of nitrogens with zero attached hydrogens (tertiary/aromatic N) is 1. The third-order valence-electron chi connectivity index (χ3n) is 4.54. The Morgan fingerprint density at radius 2 is 1.69 bits per heavy atom. The summed E-state index contributed by atoms with van der Waals surface area (Å²) in [6.07, 6.45) is 1.76. The number of anilines is 1. The van der Waals surface area contributed by atoms with Crippen LogP contribution in [0.15, 0.2) is 87.3 Å². The van der Waals surface area contributed by atoms with Gasteiger partial charge in [0.25, 0.3) is 10.0 Å². The Morgan fingerprint density at radius 1 is 0.938 bits per heavy atom. The van der Waals surface area contributed by atoms with E-state index in [0.717, 1.165) is 0 Å². The highest BCUT2D eigenvalue weighted by Crippen LogP contribution is 2.30. The van der Waals surface area contributed by atoms with Crippen molar-refractivity contribution in [2.45, 2.75) is 23.8 Å². The highest BCUT2D eigenvalue weighted by Gasteiger charge is 2.25. The number of aryl methyl sites for hydroxylation is 1. The number of aromatic nitrogens is 1. The molecule has 0 saturated heterocycles. The molecule has 0 fully saturated rings. The molecule has 7 nitrogen and oxygen atoms in total. The van der Waals surface area contributed by atoms with E-state index in [1.807, 2.05) is 0 Å². The highest BCUT2D eigenvalue weighted by molar-refractivity contribution is 7.93. The molecule has 0 atom stereocenters. The molecule has 0 spiro atoms. The second-order valence-corrected chi connectivity index (χ2v) is 10.9. The number of benzene rings is 2. The minimum atomic E-state index is -4.19. The van der Waals surface area contributed by atoms with E-state index >= 15 is 0 Å². The lowest BCUT2D eigenvalue weighted by Crippen LogP contribution is -2.17. The topological polar surface area (TPSA) is 106 Å². The minimum absolute atomic E-state index is 0. The van der Waals surface area contributed by atoms with Gasteiger partial charge in [-0.1, -0.05) is 43.3 Å². The molecule has 0 saturated carbocycles. The molecule has 0 aliphatic heterocycles. The van der Waals surface area contributed by atoms with Gasteiger partial charge in [0.2, 0.25) is 5.09 Å². The smallest absolute Gasteiger partial charge is 0.295 e. The van der Waals surface area contributed by atoms with Crippen LogP contribution in [0.4, 0.5) is 5.69 Å². The summed E-state index contributed by atoms with van der Waals surface area (Å²) in [6.45, 7) is 0. The SMILES string of the molecule is C.O=S(=O)(CCc1ccccn1)c1ccc(Cl)cc1NS(=O)(=O)c1cc2ccccc2o1. The monoisotopic (exact) mass is 492 g/mol. The third-order valence-corrected chi connectivity index (χ3v) is 7.76. The van der Waals surface area contributed by atoms with Gasteiger partial charge in [0.05, 0.1) is 16.3 Å². The normalized spacial score (nSPS) is 11.8. The maximum Gasteiger partial charge on any atom is 0.295 e. The van der Waals surface area contributed by atoms with Crippen molar-refractivity contribution >= 4 is 48.1 Å². The Bertz CT molecular complexity index is 1420. The molecule has 2 heterocycles. The third kappa shape index (κ3) is 5.12. The van der Waals surface area contributed by atoms with E-state index in [0.29, 0.717) is 16.7 Å². The number of furan rings is 1. The summed E-state index contributed by atoms with van der Waals surface area (Å²) in [6, 6.07) is 17.4. The first-order valence-electron chi connectivity index (χ1n) is 9.18. The zero-order valence-electron chi connectivity index (χ0n) is 16.0. The van der Waals surface area contributed by atoms with Crippen LogP contribution in [0.2, 0.25) is 5.02 Å². The second-order valence-electron chi connectivity index (χ2n) is 6.74. The molecule has 32 heavy (non-hydrogen) atoms. The van der Waals surface area contributed by atoms with Crippen molar-refractivity contribution in [1.29, 1.82) is 0 Å². The van der Waals surface area contributed by atoms with Gasteiger partial charge in [-0.3, -0.25) is 9.71 Å². The molecule has 0 bridgehead atoms. The van der Waals surface area contributed by atoms with Crippen LogP contribution in [-0.2, 0) is 26.3 Å². The van der Waals surface area contributed by atoms with Crippen LogP contribution in [0.25, 0.3) is 11.0 Å². The van der Waals surface area contributed by atoms with Crippen molar-refractivity contribution in [2.24, 2.45) is 0 Å². The van der Waals surface area contributed by atoms with Crippen LogP contribution in [0.1, 0.15) is 13.1 Å². The number of rotatable bonds is 7. The fourth-order valence-electron chi connectivity index (χ4n) is 3.03. The highest BCUT2D eigenvalue weighted by atomic mass is 35.5. The van der Waals surface area contributed by atoms with Crippen molar-refractivity contribution in [2.75, 3.05) is 10.5 Å². The van der Waals surface area contributed by atoms with Gasteiger partial charge < -0.3 is 4.42 Å². The molecule has 4 rings (SSSR count). The molecule has 0 amide bonds. The number of nitrogens with one attached hydrogen (secondary N) is 1. The van der Waals surface area contributed by atoms with Crippen molar-refractivity contribution in [1.82, 2.24) is 4.98 Å². The average molecular weight is 493 g/mol. The number of sulfone groups is 1. The lowest BCUT2D eigenvalue weighted by atomic mass is 10.3. The summed E-state index contributed by atoms with van der Waals surface area (Å²) in [5.74, 6) is -0.245. The van der Waals surface area contributed by atoms with Crippen molar-refractivity contribution < 1.29 is 21.3 Å². The standard InChI is InChI=1S/C21H17ClN2O5S2.CH4/c22-16-8-9-20(30(25,26)12-10-17-6-3-4-11-23-17)18(14-16)24-31(27,28)21-13-15-5-1-2-7-19(15)29-21;/h1-9,11,13-14,24H,10,12H2;1H4. The zero-order valence-corrected chi connectivity index (χ0v) is 18.4. The second kappa shape index (κ2) is 9.32. The van der Waals surface area contributed by atoms with Gasteiger partial charge in [0.1, 0.15) is 5.58 Å². The quantitative estimate of drug-likeness (QED) is 0.392.